The number of carbonyl (C=O) groups is 4. The molecule has 9 nitrogen and oxygen atoms in total. The molecule has 0 spiro atoms. The number of nitrogens with two attached hydrogens (primary N) is 1. The van der Waals surface area contributed by atoms with E-state index >= 15 is 0 Å². The molecule has 0 radical (unpaired) electrons. The first-order chi connectivity index (χ1) is 15.2. The topological polar surface area (TPSA) is 153 Å². The lowest BCUT2D eigenvalue weighted by atomic mass is 9.91. The minimum Gasteiger partial charge on any atom is -0.481 e. The third-order valence-electron chi connectivity index (χ3n) is 4.83. The third kappa shape index (κ3) is 6.92. The van der Waals surface area contributed by atoms with E-state index in [1.54, 1.807) is 60.7 Å². The molecule has 2 atom stereocenters. The molecule has 0 aromatic heterocycles. The summed E-state index contributed by atoms with van der Waals surface area (Å²) in [5.41, 5.74) is 4.76. The Morgan fingerprint density at radius 1 is 0.844 bits per heavy atom. The van der Waals surface area contributed by atoms with Crippen molar-refractivity contribution in [2.45, 2.75) is 38.0 Å². The van der Waals surface area contributed by atoms with Gasteiger partial charge in [-0.2, -0.15) is 0 Å². The first kappa shape index (κ1) is 24.5. The number of aliphatic carboxylic acids is 2. The fraction of sp³-hybridized carbons (Fsp3) is 0.304. The van der Waals surface area contributed by atoms with Crippen molar-refractivity contribution >= 4 is 23.9 Å². The van der Waals surface area contributed by atoms with Crippen LogP contribution < -0.4 is 5.73 Å². The van der Waals surface area contributed by atoms with Crippen LogP contribution in [-0.4, -0.2) is 39.6 Å². The monoisotopic (exact) mass is 443 g/mol. The average Bonchev–Trinajstić information content (AvgIpc) is 2.79. The van der Waals surface area contributed by atoms with Gasteiger partial charge in [-0.25, -0.2) is 9.59 Å². The number of ether oxygens (including phenoxy) is 2. The van der Waals surface area contributed by atoms with Crippen molar-refractivity contribution in [3.8, 4) is 0 Å². The largest absolute Gasteiger partial charge is 0.481 e. The second-order valence-corrected chi connectivity index (χ2v) is 7.21. The molecule has 2 aromatic rings. The van der Waals surface area contributed by atoms with Gasteiger partial charge in [-0.05, 0) is 30.4 Å². The molecular formula is C23H25NO8. The van der Waals surface area contributed by atoms with Crippen LogP contribution in [-0.2, 0) is 41.9 Å². The highest BCUT2D eigenvalue weighted by molar-refractivity contribution is 6.03. The van der Waals surface area contributed by atoms with E-state index in [4.69, 9.17) is 15.2 Å². The molecular weight excluding hydrogens is 418 g/mol. The van der Waals surface area contributed by atoms with Crippen molar-refractivity contribution in [2.75, 3.05) is 0 Å². The van der Waals surface area contributed by atoms with Crippen molar-refractivity contribution in [1.82, 2.24) is 0 Å². The van der Waals surface area contributed by atoms with Gasteiger partial charge in [-0.3, -0.25) is 9.59 Å². The molecule has 0 heterocycles. The molecule has 0 saturated carbocycles. The maximum Gasteiger partial charge on any atom is 0.338 e. The number of carbonyl (C=O) groups excluding carboxylic acids is 2. The van der Waals surface area contributed by atoms with Gasteiger partial charge in [0.15, 0.2) is 5.92 Å². The van der Waals surface area contributed by atoms with Crippen LogP contribution >= 0.6 is 0 Å². The van der Waals surface area contributed by atoms with E-state index in [2.05, 4.69) is 0 Å². The number of carboxylic acids is 2. The van der Waals surface area contributed by atoms with E-state index in [1.807, 2.05) is 0 Å². The van der Waals surface area contributed by atoms with Gasteiger partial charge in [0.1, 0.15) is 13.2 Å². The lowest BCUT2D eigenvalue weighted by Crippen LogP contribution is -2.55. The Kier molecular flexibility index (Phi) is 8.91. The molecule has 9 heteroatoms. The van der Waals surface area contributed by atoms with Crippen molar-refractivity contribution in [3.63, 3.8) is 0 Å². The van der Waals surface area contributed by atoms with Crippen LogP contribution in [0, 0.1) is 5.92 Å². The highest BCUT2D eigenvalue weighted by atomic mass is 16.5. The van der Waals surface area contributed by atoms with Crippen LogP contribution in [0.4, 0.5) is 0 Å². The number of hydrogen-bond donors (Lipinski definition) is 3. The Labute approximate surface area is 184 Å². The molecule has 0 amide bonds. The maximum absolute atomic E-state index is 12.3. The average molecular weight is 443 g/mol. The van der Waals surface area contributed by atoms with Crippen molar-refractivity contribution in [3.05, 3.63) is 71.8 Å². The van der Waals surface area contributed by atoms with Crippen LogP contribution in [0.3, 0.4) is 0 Å². The molecule has 2 aromatic carbocycles. The van der Waals surface area contributed by atoms with E-state index in [-0.39, 0.29) is 26.1 Å². The molecule has 4 N–H and O–H groups in total. The molecule has 170 valence electrons. The van der Waals surface area contributed by atoms with E-state index < -0.39 is 41.8 Å². The zero-order valence-corrected chi connectivity index (χ0v) is 17.3. The third-order valence-corrected chi connectivity index (χ3v) is 4.83. The lowest BCUT2D eigenvalue weighted by Gasteiger charge is -2.23. The molecule has 2 unspecified atom stereocenters. The summed E-state index contributed by atoms with van der Waals surface area (Å²) in [6, 6.07) is 17.4. The van der Waals surface area contributed by atoms with Gasteiger partial charge >= 0.3 is 23.9 Å². The summed E-state index contributed by atoms with van der Waals surface area (Å²) >= 11 is 0. The first-order valence-electron chi connectivity index (χ1n) is 9.91. The molecule has 2 rings (SSSR count). The molecule has 0 aliphatic carbocycles. The van der Waals surface area contributed by atoms with E-state index in [0.717, 1.165) is 0 Å². The van der Waals surface area contributed by atoms with Crippen molar-refractivity contribution in [1.29, 1.82) is 0 Å². The number of hydrogen-bond acceptors (Lipinski definition) is 7. The van der Waals surface area contributed by atoms with Gasteiger partial charge < -0.3 is 25.4 Å². The Morgan fingerprint density at radius 2 is 1.34 bits per heavy atom. The Bertz CT molecular complexity index is 932. The molecule has 0 aliphatic rings. The van der Waals surface area contributed by atoms with Gasteiger partial charge in [0.05, 0.1) is 0 Å². The molecule has 0 fully saturated rings. The van der Waals surface area contributed by atoms with Crippen LogP contribution in [0.2, 0.25) is 0 Å². The minimum absolute atomic E-state index is 0.0920. The van der Waals surface area contributed by atoms with Gasteiger partial charge in [-0.1, -0.05) is 60.7 Å². The summed E-state index contributed by atoms with van der Waals surface area (Å²) in [5.74, 6) is -6.63. The fourth-order valence-electron chi connectivity index (χ4n) is 2.90. The highest BCUT2D eigenvalue weighted by Crippen LogP contribution is 2.20. The quantitative estimate of drug-likeness (QED) is 0.331. The van der Waals surface area contributed by atoms with E-state index in [9.17, 15) is 29.4 Å². The van der Waals surface area contributed by atoms with E-state index in [1.165, 1.54) is 0 Å². The number of esters is 2. The zero-order valence-electron chi connectivity index (χ0n) is 17.3. The Balaban J connectivity index is 1.92. The number of benzene rings is 2. The second-order valence-electron chi connectivity index (χ2n) is 7.21. The molecule has 0 saturated heterocycles. The predicted molar refractivity (Wildman–Crippen MR) is 112 cm³/mol. The SMILES string of the molecule is NC(CCCC(C(=O)O)C(=O)OCc1ccccc1)(C(=O)O)C(=O)OCc1ccccc1. The fourth-order valence-corrected chi connectivity index (χ4v) is 2.90. The summed E-state index contributed by atoms with van der Waals surface area (Å²) in [6.45, 7) is -0.249. The molecule has 32 heavy (non-hydrogen) atoms. The van der Waals surface area contributed by atoms with Crippen LogP contribution in [0.25, 0.3) is 0 Å². The van der Waals surface area contributed by atoms with Crippen LogP contribution in [0.5, 0.6) is 0 Å². The summed E-state index contributed by atoms with van der Waals surface area (Å²) in [6.07, 6.45) is -0.784. The summed E-state index contributed by atoms with van der Waals surface area (Å²) in [5, 5.41) is 18.8. The summed E-state index contributed by atoms with van der Waals surface area (Å²) in [4.78, 5) is 47.7. The Morgan fingerprint density at radius 3 is 1.81 bits per heavy atom. The maximum atomic E-state index is 12.3. The summed E-state index contributed by atoms with van der Waals surface area (Å²) < 4.78 is 10.1. The highest BCUT2D eigenvalue weighted by Gasteiger charge is 2.44. The first-order valence-corrected chi connectivity index (χ1v) is 9.91. The smallest absolute Gasteiger partial charge is 0.338 e. The Hall–Kier alpha value is -3.72. The van der Waals surface area contributed by atoms with Crippen molar-refractivity contribution < 1.29 is 38.9 Å². The van der Waals surface area contributed by atoms with E-state index in [0.29, 0.717) is 11.1 Å². The van der Waals surface area contributed by atoms with Gasteiger partial charge in [-0.15, -0.1) is 0 Å². The predicted octanol–water partition coefficient (Wildman–Crippen LogP) is 2.13. The van der Waals surface area contributed by atoms with Gasteiger partial charge in [0, 0.05) is 0 Å². The number of rotatable bonds is 12. The second kappa shape index (κ2) is 11.6. The summed E-state index contributed by atoms with van der Waals surface area (Å²) in [7, 11) is 0. The van der Waals surface area contributed by atoms with Crippen molar-refractivity contribution in [2.24, 2.45) is 11.7 Å². The normalized spacial score (nSPS) is 13.4. The molecule has 0 bridgehead atoms. The number of carboxylic acid groups (broad SMARTS) is 2. The van der Waals surface area contributed by atoms with Gasteiger partial charge in [0.25, 0.3) is 0 Å². The van der Waals surface area contributed by atoms with Crippen LogP contribution in [0.1, 0.15) is 30.4 Å². The standard InChI is InChI=1S/C23H25NO8/c24-23(21(28)29,22(30)32-15-17-10-5-2-6-11-17)13-7-12-18(19(25)26)20(27)31-14-16-8-3-1-4-9-16/h1-6,8-11,18H,7,12-15,24H2,(H,25,26)(H,28,29). The molecule has 0 aliphatic heterocycles. The zero-order chi connectivity index (χ0) is 23.6. The lowest BCUT2D eigenvalue weighted by molar-refractivity contribution is -0.162. The van der Waals surface area contributed by atoms with Gasteiger partial charge in [0.2, 0.25) is 5.54 Å². The van der Waals surface area contributed by atoms with Crippen LogP contribution in [0.15, 0.2) is 60.7 Å². The minimum atomic E-state index is -2.37.